The topological polar surface area (TPSA) is 64.8 Å². The van der Waals surface area contributed by atoms with Crippen molar-refractivity contribution < 1.29 is 14.3 Å². The Balaban J connectivity index is 1.69. The van der Waals surface area contributed by atoms with E-state index >= 15 is 0 Å². The molecule has 0 aliphatic carbocycles. The second kappa shape index (κ2) is 5.50. The SMILES string of the molecule is Nc1cccc2c1CCCN2C(=O)c1ccc2c(c1)OCCO2. The van der Waals surface area contributed by atoms with Gasteiger partial charge < -0.3 is 20.1 Å². The summed E-state index contributed by atoms with van der Waals surface area (Å²) in [5, 5.41) is 0. The van der Waals surface area contributed by atoms with Gasteiger partial charge >= 0.3 is 0 Å². The maximum atomic E-state index is 12.9. The van der Waals surface area contributed by atoms with Crippen LogP contribution in [0.25, 0.3) is 0 Å². The van der Waals surface area contributed by atoms with E-state index in [0.717, 1.165) is 29.8 Å². The van der Waals surface area contributed by atoms with Gasteiger partial charge in [0.15, 0.2) is 11.5 Å². The van der Waals surface area contributed by atoms with Crippen LogP contribution in [0.2, 0.25) is 0 Å². The first kappa shape index (κ1) is 13.9. The van der Waals surface area contributed by atoms with E-state index in [1.165, 1.54) is 0 Å². The van der Waals surface area contributed by atoms with Crippen LogP contribution < -0.4 is 20.1 Å². The van der Waals surface area contributed by atoms with Gasteiger partial charge in [-0.05, 0) is 48.7 Å². The van der Waals surface area contributed by atoms with E-state index in [2.05, 4.69) is 0 Å². The molecule has 0 aromatic heterocycles. The van der Waals surface area contributed by atoms with Crippen molar-refractivity contribution in [3.8, 4) is 11.5 Å². The van der Waals surface area contributed by atoms with Gasteiger partial charge in [0.05, 0.1) is 0 Å². The molecule has 5 nitrogen and oxygen atoms in total. The number of nitrogen functional groups attached to an aromatic ring is 1. The zero-order chi connectivity index (χ0) is 15.8. The Morgan fingerprint density at radius 3 is 2.78 bits per heavy atom. The summed E-state index contributed by atoms with van der Waals surface area (Å²) < 4.78 is 11.1. The van der Waals surface area contributed by atoms with Crippen molar-refractivity contribution in [2.24, 2.45) is 0 Å². The summed E-state index contributed by atoms with van der Waals surface area (Å²) in [5.74, 6) is 1.29. The van der Waals surface area contributed by atoms with E-state index in [9.17, 15) is 4.79 Å². The molecule has 0 saturated carbocycles. The normalized spacial score (nSPS) is 15.9. The first-order valence-electron chi connectivity index (χ1n) is 7.83. The van der Waals surface area contributed by atoms with Crippen LogP contribution in [0.1, 0.15) is 22.3 Å². The predicted octanol–water partition coefficient (Wildman–Crippen LogP) is 2.63. The number of carbonyl (C=O) groups excluding carboxylic acids is 1. The highest BCUT2D eigenvalue weighted by atomic mass is 16.6. The largest absolute Gasteiger partial charge is 0.486 e. The van der Waals surface area contributed by atoms with Crippen LogP contribution in [0.3, 0.4) is 0 Å². The fraction of sp³-hybridized carbons (Fsp3) is 0.278. The minimum absolute atomic E-state index is 0.0338. The molecule has 118 valence electrons. The van der Waals surface area contributed by atoms with Crippen molar-refractivity contribution in [2.45, 2.75) is 12.8 Å². The summed E-state index contributed by atoms with van der Waals surface area (Å²) in [6.45, 7) is 1.75. The lowest BCUT2D eigenvalue weighted by molar-refractivity contribution is 0.0984. The lowest BCUT2D eigenvalue weighted by Gasteiger charge is -2.30. The van der Waals surface area contributed by atoms with Gasteiger partial charge in [-0.15, -0.1) is 0 Å². The molecular weight excluding hydrogens is 292 g/mol. The fourth-order valence-corrected chi connectivity index (χ4v) is 3.19. The van der Waals surface area contributed by atoms with Gasteiger partial charge in [0.2, 0.25) is 0 Å². The Labute approximate surface area is 134 Å². The standard InChI is InChI=1S/C18H18N2O3/c19-14-4-1-5-15-13(14)3-2-8-20(15)18(21)12-6-7-16-17(11-12)23-10-9-22-16/h1,4-7,11H,2-3,8-10,19H2. The third kappa shape index (κ3) is 2.38. The van der Waals surface area contributed by atoms with E-state index in [0.29, 0.717) is 36.8 Å². The Kier molecular flexibility index (Phi) is 3.33. The summed E-state index contributed by atoms with van der Waals surface area (Å²) in [5.41, 5.74) is 9.39. The molecule has 1 amide bonds. The number of benzene rings is 2. The monoisotopic (exact) mass is 310 g/mol. The van der Waals surface area contributed by atoms with E-state index in [1.807, 2.05) is 18.2 Å². The number of nitrogens with zero attached hydrogens (tertiary/aromatic N) is 1. The van der Waals surface area contributed by atoms with Gasteiger partial charge in [0.1, 0.15) is 13.2 Å². The lowest BCUT2D eigenvalue weighted by atomic mass is 9.99. The number of carbonyl (C=O) groups is 1. The molecule has 4 rings (SSSR count). The van der Waals surface area contributed by atoms with Crippen LogP contribution in [0, 0.1) is 0 Å². The van der Waals surface area contributed by atoms with Gasteiger partial charge in [-0.1, -0.05) is 6.07 Å². The van der Waals surface area contributed by atoms with Crippen LogP contribution in [0.15, 0.2) is 36.4 Å². The molecule has 0 radical (unpaired) electrons. The van der Waals surface area contributed by atoms with E-state index < -0.39 is 0 Å². The Hall–Kier alpha value is -2.69. The number of rotatable bonds is 1. The number of ether oxygens (including phenoxy) is 2. The molecule has 23 heavy (non-hydrogen) atoms. The Bertz CT molecular complexity index is 773. The molecule has 0 saturated heterocycles. The first-order chi connectivity index (χ1) is 11.2. The molecule has 2 aromatic rings. The third-order valence-corrected chi connectivity index (χ3v) is 4.32. The zero-order valence-electron chi connectivity index (χ0n) is 12.7. The van der Waals surface area contributed by atoms with Gasteiger partial charge in [0.25, 0.3) is 5.91 Å². The van der Waals surface area contributed by atoms with Crippen LogP contribution >= 0.6 is 0 Å². The molecule has 2 heterocycles. The molecule has 0 atom stereocenters. The fourth-order valence-electron chi connectivity index (χ4n) is 3.19. The molecule has 2 aliphatic heterocycles. The number of fused-ring (bicyclic) bond motifs is 2. The highest BCUT2D eigenvalue weighted by molar-refractivity contribution is 6.07. The van der Waals surface area contributed by atoms with Crippen molar-refractivity contribution in [1.29, 1.82) is 0 Å². The number of hydrogen-bond donors (Lipinski definition) is 1. The average Bonchev–Trinajstić information content (AvgIpc) is 2.61. The number of hydrogen-bond acceptors (Lipinski definition) is 4. The second-order valence-corrected chi connectivity index (χ2v) is 5.76. The number of anilines is 2. The number of nitrogens with two attached hydrogens (primary N) is 1. The summed E-state index contributed by atoms with van der Waals surface area (Å²) in [7, 11) is 0. The van der Waals surface area contributed by atoms with Crippen LogP contribution in [0.5, 0.6) is 11.5 Å². The highest BCUT2D eigenvalue weighted by Gasteiger charge is 2.25. The molecule has 2 aromatic carbocycles. The molecule has 2 aliphatic rings. The summed E-state index contributed by atoms with van der Waals surface area (Å²) in [4.78, 5) is 14.8. The maximum Gasteiger partial charge on any atom is 0.258 e. The summed E-state index contributed by atoms with van der Waals surface area (Å²) >= 11 is 0. The van der Waals surface area contributed by atoms with Crippen molar-refractivity contribution in [3.63, 3.8) is 0 Å². The summed E-state index contributed by atoms with van der Waals surface area (Å²) in [6, 6.07) is 11.1. The second-order valence-electron chi connectivity index (χ2n) is 5.76. The number of amides is 1. The van der Waals surface area contributed by atoms with Gasteiger partial charge in [0, 0.05) is 23.5 Å². The first-order valence-corrected chi connectivity index (χ1v) is 7.83. The average molecular weight is 310 g/mol. The predicted molar refractivity (Wildman–Crippen MR) is 88.3 cm³/mol. The van der Waals surface area contributed by atoms with Crippen molar-refractivity contribution in [3.05, 3.63) is 47.5 Å². The summed E-state index contributed by atoms with van der Waals surface area (Å²) in [6.07, 6.45) is 1.82. The van der Waals surface area contributed by atoms with Crippen molar-refractivity contribution in [1.82, 2.24) is 0 Å². The van der Waals surface area contributed by atoms with Crippen LogP contribution in [-0.4, -0.2) is 25.7 Å². The molecule has 2 N–H and O–H groups in total. The van der Waals surface area contributed by atoms with Crippen molar-refractivity contribution in [2.75, 3.05) is 30.4 Å². The van der Waals surface area contributed by atoms with Gasteiger partial charge in [-0.2, -0.15) is 0 Å². The molecule has 0 spiro atoms. The van der Waals surface area contributed by atoms with Crippen LogP contribution in [-0.2, 0) is 6.42 Å². The smallest absolute Gasteiger partial charge is 0.258 e. The molecule has 5 heteroatoms. The zero-order valence-corrected chi connectivity index (χ0v) is 12.7. The van der Waals surface area contributed by atoms with Gasteiger partial charge in [-0.3, -0.25) is 4.79 Å². The minimum atomic E-state index is -0.0338. The quantitative estimate of drug-likeness (QED) is 0.822. The third-order valence-electron chi connectivity index (χ3n) is 4.32. The maximum absolute atomic E-state index is 12.9. The lowest BCUT2D eigenvalue weighted by Crippen LogP contribution is -2.35. The van der Waals surface area contributed by atoms with E-state index in [4.69, 9.17) is 15.2 Å². The minimum Gasteiger partial charge on any atom is -0.486 e. The Morgan fingerprint density at radius 1 is 1.09 bits per heavy atom. The van der Waals surface area contributed by atoms with Crippen LogP contribution in [0.4, 0.5) is 11.4 Å². The molecule has 0 bridgehead atoms. The molecule has 0 unspecified atom stereocenters. The van der Waals surface area contributed by atoms with E-state index in [-0.39, 0.29) is 5.91 Å². The molecular formula is C18H18N2O3. The Morgan fingerprint density at radius 2 is 1.91 bits per heavy atom. The highest BCUT2D eigenvalue weighted by Crippen LogP contribution is 2.34. The van der Waals surface area contributed by atoms with Gasteiger partial charge in [-0.25, -0.2) is 0 Å². The van der Waals surface area contributed by atoms with Crippen molar-refractivity contribution >= 4 is 17.3 Å². The van der Waals surface area contributed by atoms with E-state index in [1.54, 1.807) is 23.1 Å². The molecule has 0 fully saturated rings.